The zero-order chi connectivity index (χ0) is 11.4. The topological polar surface area (TPSA) is 66.6 Å². The molecule has 1 rings (SSSR count). The molecule has 15 heavy (non-hydrogen) atoms. The van der Waals surface area contributed by atoms with E-state index in [4.69, 9.17) is 5.73 Å². The number of carbonyl (C=O) groups excluding carboxylic acids is 2. The summed E-state index contributed by atoms with van der Waals surface area (Å²) in [6.07, 6.45) is 1.22. The van der Waals surface area contributed by atoms with Gasteiger partial charge in [-0.1, -0.05) is 0 Å². The Hall–Kier alpha value is -1.10. The number of nitrogens with two attached hydrogens (primary N) is 1. The van der Waals surface area contributed by atoms with Crippen molar-refractivity contribution in [1.29, 1.82) is 0 Å². The molecule has 2 amide bonds. The van der Waals surface area contributed by atoms with E-state index in [1.807, 2.05) is 14.1 Å². The number of carbonyl (C=O) groups is 2. The van der Waals surface area contributed by atoms with Crippen LogP contribution in [0.25, 0.3) is 0 Å². The minimum absolute atomic E-state index is 0.0533. The fourth-order valence-electron chi connectivity index (χ4n) is 1.76. The Balaban J connectivity index is 2.31. The van der Waals surface area contributed by atoms with Gasteiger partial charge in [0.05, 0.1) is 5.92 Å². The maximum atomic E-state index is 11.5. The fraction of sp³-hybridized carbons (Fsp3) is 0.800. The second-order valence-corrected chi connectivity index (χ2v) is 4.30. The molecule has 0 radical (unpaired) electrons. The molecular weight excluding hydrogens is 194 g/mol. The van der Waals surface area contributed by atoms with Crippen LogP contribution in [0.5, 0.6) is 0 Å². The normalized spacial score (nSPS) is 21.4. The molecule has 0 aliphatic carbocycles. The SMILES string of the molecule is CN(C)CCCN1C[C@H](C(N)=O)CC1=O. The minimum Gasteiger partial charge on any atom is -0.369 e. The molecule has 0 saturated carbocycles. The van der Waals surface area contributed by atoms with E-state index in [2.05, 4.69) is 4.90 Å². The molecule has 0 aromatic carbocycles. The molecule has 86 valence electrons. The first-order chi connectivity index (χ1) is 7.00. The summed E-state index contributed by atoms with van der Waals surface area (Å²) < 4.78 is 0. The van der Waals surface area contributed by atoms with Crippen molar-refractivity contribution in [2.75, 3.05) is 33.7 Å². The summed E-state index contributed by atoms with van der Waals surface area (Å²) in [6.45, 7) is 2.17. The summed E-state index contributed by atoms with van der Waals surface area (Å²) in [5, 5.41) is 0. The van der Waals surface area contributed by atoms with Gasteiger partial charge in [-0.2, -0.15) is 0 Å². The van der Waals surface area contributed by atoms with Crippen LogP contribution in [-0.2, 0) is 9.59 Å². The Bertz CT molecular complexity index is 253. The van der Waals surface area contributed by atoms with Crippen molar-refractivity contribution < 1.29 is 9.59 Å². The van der Waals surface area contributed by atoms with Crippen molar-refractivity contribution in [1.82, 2.24) is 9.80 Å². The first kappa shape index (κ1) is 12.0. The number of likely N-dealkylation sites (tertiary alicyclic amines) is 1. The Kier molecular flexibility index (Phi) is 4.08. The third kappa shape index (κ3) is 3.51. The number of hydrogen-bond acceptors (Lipinski definition) is 3. The van der Waals surface area contributed by atoms with E-state index in [9.17, 15) is 9.59 Å². The quantitative estimate of drug-likeness (QED) is 0.655. The van der Waals surface area contributed by atoms with E-state index in [1.165, 1.54) is 0 Å². The van der Waals surface area contributed by atoms with Crippen LogP contribution in [0, 0.1) is 5.92 Å². The number of hydrogen-bond donors (Lipinski definition) is 1. The number of amides is 2. The van der Waals surface area contributed by atoms with E-state index in [1.54, 1.807) is 4.90 Å². The molecule has 2 N–H and O–H groups in total. The first-order valence-corrected chi connectivity index (χ1v) is 5.22. The van der Waals surface area contributed by atoms with Gasteiger partial charge in [-0.15, -0.1) is 0 Å². The van der Waals surface area contributed by atoms with Crippen molar-refractivity contribution in [2.45, 2.75) is 12.8 Å². The Labute approximate surface area is 90.2 Å². The highest BCUT2D eigenvalue weighted by Gasteiger charge is 2.32. The smallest absolute Gasteiger partial charge is 0.223 e. The summed E-state index contributed by atoms with van der Waals surface area (Å²) in [6, 6.07) is 0. The second-order valence-electron chi connectivity index (χ2n) is 4.30. The van der Waals surface area contributed by atoms with Crippen LogP contribution in [0.2, 0.25) is 0 Å². The molecule has 0 spiro atoms. The summed E-state index contributed by atoms with van der Waals surface area (Å²) in [5.41, 5.74) is 5.17. The lowest BCUT2D eigenvalue weighted by Gasteiger charge is -2.17. The lowest BCUT2D eigenvalue weighted by Crippen LogP contribution is -2.30. The molecular formula is C10H19N3O2. The highest BCUT2D eigenvalue weighted by molar-refractivity contribution is 5.88. The van der Waals surface area contributed by atoms with Gasteiger partial charge < -0.3 is 15.5 Å². The Morgan fingerprint density at radius 3 is 2.73 bits per heavy atom. The first-order valence-electron chi connectivity index (χ1n) is 5.22. The summed E-state index contributed by atoms with van der Waals surface area (Å²) in [7, 11) is 4.00. The van der Waals surface area contributed by atoms with Crippen LogP contribution in [0.15, 0.2) is 0 Å². The van der Waals surface area contributed by atoms with Crippen molar-refractivity contribution in [3.63, 3.8) is 0 Å². The molecule has 1 heterocycles. The molecule has 0 bridgehead atoms. The van der Waals surface area contributed by atoms with Gasteiger partial charge in [0.25, 0.3) is 0 Å². The van der Waals surface area contributed by atoms with Crippen LogP contribution >= 0.6 is 0 Å². The molecule has 1 atom stereocenters. The van der Waals surface area contributed by atoms with Crippen molar-refractivity contribution >= 4 is 11.8 Å². The lowest BCUT2D eigenvalue weighted by molar-refractivity contribution is -0.128. The second kappa shape index (κ2) is 5.11. The average Bonchev–Trinajstić information content (AvgIpc) is 2.47. The molecule has 5 heteroatoms. The highest BCUT2D eigenvalue weighted by atomic mass is 16.2. The van der Waals surface area contributed by atoms with Gasteiger partial charge >= 0.3 is 0 Å². The van der Waals surface area contributed by atoms with Crippen molar-refractivity contribution in [3.8, 4) is 0 Å². The fourth-order valence-corrected chi connectivity index (χ4v) is 1.76. The Morgan fingerprint density at radius 2 is 2.27 bits per heavy atom. The van der Waals surface area contributed by atoms with Gasteiger partial charge in [-0.25, -0.2) is 0 Å². The molecule has 1 aliphatic heterocycles. The third-order valence-corrected chi connectivity index (χ3v) is 2.65. The summed E-state index contributed by atoms with van der Waals surface area (Å²) in [4.78, 5) is 26.2. The zero-order valence-corrected chi connectivity index (χ0v) is 9.40. The van der Waals surface area contributed by atoms with E-state index in [-0.39, 0.29) is 24.2 Å². The van der Waals surface area contributed by atoms with E-state index >= 15 is 0 Å². The van der Waals surface area contributed by atoms with E-state index < -0.39 is 0 Å². The standard InChI is InChI=1S/C10H19N3O2/c1-12(2)4-3-5-13-7-8(10(11)15)6-9(13)14/h8H,3-7H2,1-2H3,(H2,11,15)/t8-/m1/s1. The molecule has 1 saturated heterocycles. The molecule has 1 fully saturated rings. The monoisotopic (exact) mass is 213 g/mol. The van der Waals surface area contributed by atoms with E-state index in [0.717, 1.165) is 19.5 Å². The van der Waals surface area contributed by atoms with Gasteiger partial charge in [0.15, 0.2) is 0 Å². The van der Waals surface area contributed by atoms with Gasteiger partial charge in [0.2, 0.25) is 11.8 Å². The van der Waals surface area contributed by atoms with Gasteiger partial charge in [-0.05, 0) is 27.1 Å². The number of rotatable bonds is 5. The predicted octanol–water partition coefficient (Wildman–Crippen LogP) is -0.728. The van der Waals surface area contributed by atoms with Crippen molar-refractivity contribution in [3.05, 3.63) is 0 Å². The maximum absolute atomic E-state index is 11.5. The summed E-state index contributed by atoms with van der Waals surface area (Å²) in [5.74, 6) is -0.590. The van der Waals surface area contributed by atoms with Crippen LogP contribution in [0.4, 0.5) is 0 Å². The molecule has 0 aromatic rings. The minimum atomic E-state index is -0.363. The zero-order valence-electron chi connectivity index (χ0n) is 9.40. The highest BCUT2D eigenvalue weighted by Crippen LogP contribution is 2.17. The van der Waals surface area contributed by atoms with Crippen LogP contribution in [0.1, 0.15) is 12.8 Å². The largest absolute Gasteiger partial charge is 0.369 e. The lowest BCUT2D eigenvalue weighted by atomic mass is 10.1. The molecule has 5 nitrogen and oxygen atoms in total. The van der Waals surface area contributed by atoms with Crippen molar-refractivity contribution in [2.24, 2.45) is 11.7 Å². The van der Waals surface area contributed by atoms with Crippen LogP contribution < -0.4 is 5.73 Å². The van der Waals surface area contributed by atoms with Gasteiger partial charge in [0, 0.05) is 19.5 Å². The maximum Gasteiger partial charge on any atom is 0.223 e. The Morgan fingerprint density at radius 1 is 1.60 bits per heavy atom. The summed E-state index contributed by atoms with van der Waals surface area (Å²) >= 11 is 0. The van der Waals surface area contributed by atoms with Crippen LogP contribution in [-0.4, -0.2) is 55.3 Å². The predicted molar refractivity (Wildman–Crippen MR) is 57.1 cm³/mol. The number of nitrogens with zero attached hydrogens (tertiary/aromatic N) is 2. The molecule has 1 aliphatic rings. The molecule has 0 unspecified atom stereocenters. The molecule has 0 aromatic heterocycles. The third-order valence-electron chi connectivity index (χ3n) is 2.65. The van der Waals surface area contributed by atoms with Gasteiger partial charge in [-0.3, -0.25) is 9.59 Å². The van der Waals surface area contributed by atoms with Gasteiger partial charge in [0.1, 0.15) is 0 Å². The average molecular weight is 213 g/mol. The van der Waals surface area contributed by atoms with E-state index in [0.29, 0.717) is 6.54 Å². The number of primary amides is 1. The van der Waals surface area contributed by atoms with Crippen LogP contribution in [0.3, 0.4) is 0 Å².